The molecule has 0 atom stereocenters. The summed E-state index contributed by atoms with van der Waals surface area (Å²) in [6.45, 7) is 3.63. The number of nitrogens with zero attached hydrogens (tertiary/aromatic N) is 2. The van der Waals surface area contributed by atoms with Gasteiger partial charge in [-0.3, -0.25) is 10.2 Å². The molecule has 1 N–H and O–H groups in total. The molecule has 1 fully saturated rings. The molecule has 1 aliphatic rings. The molecule has 1 amide bonds. The first-order chi connectivity index (χ1) is 16.7. The van der Waals surface area contributed by atoms with E-state index in [-0.39, 0.29) is 6.61 Å². The second-order valence-corrected chi connectivity index (χ2v) is 7.91. The van der Waals surface area contributed by atoms with Crippen LogP contribution < -0.4 is 24.4 Å². The highest BCUT2D eigenvalue weighted by molar-refractivity contribution is 5.86. The maximum atomic E-state index is 13.0. The highest BCUT2D eigenvalue weighted by atomic mass is 19.4. The monoisotopic (exact) mass is 497 g/mol. The smallest absolute Gasteiger partial charge is 0.416 e. The Morgan fingerprint density at radius 2 is 1.63 bits per heavy atom. The van der Waals surface area contributed by atoms with Gasteiger partial charge >= 0.3 is 12.3 Å². The summed E-state index contributed by atoms with van der Waals surface area (Å²) in [6, 6.07) is 8.61. The van der Waals surface area contributed by atoms with Crippen molar-refractivity contribution in [2.75, 3.05) is 70.9 Å². The normalized spacial score (nSPS) is 14.4. The molecule has 2 aromatic carbocycles. The van der Waals surface area contributed by atoms with Crippen molar-refractivity contribution in [2.24, 2.45) is 0 Å². The number of piperazine rings is 1. The van der Waals surface area contributed by atoms with Gasteiger partial charge in [-0.05, 0) is 24.6 Å². The van der Waals surface area contributed by atoms with Gasteiger partial charge in [0.15, 0.2) is 11.5 Å². The largest absolute Gasteiger partial charge is 0.493 e. The maximum Gasteiger partial charge on any atom is 0.416 e. The third-order valence-corrected chi connectivity index (χ3v) is 5.67. The van der Waals surface area contributed by atoms with Crippen LogP contribution in [0.4, 0.5) is 29.3 Å². The first-order valence-corrected chi connectivity index (χ1v) is 11.1. The van der Waals surface area contributed by atoms with Crippen LogP contribution in [0.3, 0.4) is 0 Å². The molecule has 35 heavy (non-hydrogen) atoms. The molecular formula is C24H30F3N3O5. The molecule has 2 aromatic rings. The van der Waals surface area contributed by atoms with Gasteiger partial charge in [-0.15, -0.1) is 0 Å². The molecule has 8 nitrogen and oxygen atoms in total. The number of hydrogen-bond acceptors (Lipinski definition) is 7. The summed E-state index contributed by atoms with van der Waals surface area (Å²) >= 11 is 0. The lowest BCUT2D eigenvalue weighted by Crippen LogP contribution is -2.46. The molecule has 0 spiro atoms. The molecule has 0 bridgehead atoms. The molecule has 3 rings (SSSR count). The maximum absolute atomic E-state index is 13.0. The number of anilines is 2. The minimum Gasteiger partial charge on any atom is -0.493 e. The van der Waals surface area contributed by atoms with E-state index in [9.17, 15) is 18.0 Å². The van der Waals surface area contributed by atoms with Crippen LogP contribution in [0.25, 0.3) is 0 Å². The average Bonchev–Trinajstić information content (AvgIpc) is 2.86. The summed E-state index contributed by atoms with van der Waals surface area (Å²) in [5.41, 5.74) is 0.376. The van der Waals surface area contributed by atoms with Crippen LogP contribution in [-0.4, -0.2) is 71.7 Å². The molecule has 0 radical (unpaired) electrons. The Balaban J connectivity index is 1.40. The van der Waals surface area contributed by atoms with Crippen molar-refractivity contribution in [1.82, 2.24) is 4.90 Å². The van der Waals surface area contributed by atoms with Crippen molar-refractivity contribution in [3.05, 3.63) is 42.0 Å². The van der Waals surface area contributed by atoms with E-state index < -0.39 is 17.8 Å². The number of nitrogens with one attached hydrogen (secondary N) is 1. The Morgan fingerprint density at radius 3 is 2.20 bits per heavy atom. The number of benzene rings is 2. The fourth-order valence-electron chi connectivity index (χ4n) is 3.87. The van der Waals surface area contributed by atoms with Gasteiger partial charge in [0.2, 0.25) is 5.75 Å². The summed E-state index contributed by atoms with van der Waals surface area (Å²) in [6.07, 6.45) is -4.32. The Hall–Kier alpha value is -3.34. The van der Waals surface area contributed by atoms with Crippen LogP contribution in [0.2, 0.25) is 0 Å². The van der Waals surface area contributed by atoms with E-state index in [0.717, 1.165) is 6.07 Å². The Kier molecular flexibility index (Phi) is 8.91. The summed E-state index contributed by atoms with van der Waals surface area (Å²) in [4.78, 5) is 16.3. The van der Waals surface area contributed by atoms with Gasteiger partial charge in [-0.1, -0.05) is 6.07 Å². The number of carbonyl (C=O) groups is 1. The van der Waals surface area contributed by atoms with E-state index in [0.29, 0.717) is 67.8 Å². The molecule has 0 unspecified atom stereocenters. The van der Waals surface area contributed by atoms with Gasteiger partial charge in [-0.2, -0.15) is 13.2 Å². The lowest BCUT2D eigenvalue weighted by atomic mass is 10.1. The van der Waals surface area contributed by atoms with Gasteiger partial charge in [0, 0.05) is 50.5 Å². The fourth-order valence-corrected chi connectivity index (χ4v) is 3.87. The lowest BCUT2D eigenvalue weighted by Gasteiger charge is -2.36. The van der Waals surface area contributed by atoms with Crippen LogP contribution in [-0.2, 0) is 10.9 Å². The topological polar surface area (TPSA) is 72.5 Å². The Morgan fingerprint density at radius 1 is 0.971 bits per heavy atom. The van der Waals surface area contributed by atoms with E-state index in [1.807, 2.05) is 4.90 Å². The first kappa shape index (κ1) is 26.3. The SMILES string of the molecule is COc1cc(NC(=O)OCCCN2CCN(c3cccc(C(F)(F)F)c3)CC2)cc(OC)c1OC. The molecule has 11 heteroatoms. The molecule has 192 valence electrons. The summed E-state index contributed by atoms with van der Waals surface area (Å²) in [7, 11) is 4.46. The molecular weight excluding hydrogens is 467 g/mol. The minimum absolute atomic E-state index is 0.226. The van der Waals surface area contributed by atoms with Crippen LogP contribution in [0.15, 0.2) is 36.4 Å². The lowest BCUT2D eigenvalue weighted by molar-refractivity contribution is -0.137. The van der Waals surface area contributed by atoms with Crippen LogP contribution in [0.5, 0.6) is 17.2 Å². The van der Waals surface area contributed by atoms with Gasteiger partial charge < -0.3 is 23.8 Å². The van der Waals surface area contributed by atoms with E-state index in [1.54, 1.807) is 18.2 Å². The minimum atomic E-state index is -4.35. The van der Waals surface area contributed by atoms with Crippen molar-refractivity contribution in [3.8, 4) is 17.2 Å². The molecule has 0 saturated carbocycles. The van der Waals surface area contributed by atoms with Crippen molar-refractivity contribution in [2.45, 2.75) is 12.6 Å². The van der Waals surface area contributed by atoms with Crippen molar-refractivity contribution in [3.63, 3.8) is 0 Å². The average molecular weight is 498 g/mol. The van der Waals surface area contributed by atoms with E-state index >= 15 is 0 Å². The Labute approximate surface area is 202 Å². The second-order valence-electron chi connectivity index (χ2n) is 7.91. The second kappa shape index (κ2) is 11.9. The standard InChI is InChI=1S/C24H30F3N3O5/c1-32-20-15-18(16-21(33-2)22(20)34-3)28-23(31)35-13-5-8-29-9-11-30(12-10-29)19-7-4-6-17(14-19)24(25,26)27/h4,6-7,14-16H,5,8-13H2,1-3H3,(H,28,31). The van der Waals surface area contributed by atoms with Gasteiger partial charge in [-0.25, -0.2) is 4.79 Å². The Bertz CT molecular complexity index is 970. The predicted molar refractivity (Wildman–Crippen MR) is 126 cm³/mol. The fraction of sp³-hybridized carbons (Fsp3) is 0.458. The van der Waals surface area contributed by atoms with E-state index in [4.69, 9.17) is 18.9 Å². The number of ether oxygens (including phenoxy) is 4. The molecule has 0 aliphatic carbocycles. The van der Waals surface area contributed by atoms with Crippen molar-refractivity contribution in [1.29, 1.82) is 0 Å². The van der Waals surface area contributed by atoms with E-state index in [1.165, 1.54) is 33.5 Å². The number of alkyl halides is 3. The number of halogens is 3. The quantitative estimate of drug-likeness (QED) is 0.512. The number of hydrogen-bond donors (Lipinski definition) is 1. The van der Waals surface area contributed by atoms with Crippen molar-refractivity contribution < 1.29 is 36.9 Å². The zero-order valence-corrected chi connectivity index (χ0v) is 20.0. The van der Waals surface area contributed by atoms with Crippen LogP contribution >= 0.6 is 0 Å². The number of methoxy groups -OCH3 is 3. The van der Waals surface area contributed by atoms with Crippen LogP contribution in [0.1, 0.15) is 12.0 Å². The number of rotatable bonds is 9. The molecule has 1 saturated heterocycles. The third-order valence-electron chi connectivity index (χ3n) is 5.67. The van der Waals surface area contributed by atoms with Gasteiger partial charge in [0.05, 0.1) is 39.2 Å². The van der Waals surface area contributed by atoms with Crippen LogP contribution in [0, 0.1) is 0 Å². The van der Waals surface area contributed by atoms with Gasteiger partial charge in [0.1, 0.15) is 0 Å². The highest BCUT2D eigenvalue weighted by Gasteiger charge is 2.31. The summed E-state index contributed by atoms with van der Waals surface area (Å²) in [5.74, 6) is 1.24. The van der Waals surface area contributed by atoms with Crippen molar-refractivity contribution >= 4 is 17.5 Å². The van der Waals surface area contributed by atoms with E-state index in [2.05, 4.69) is 10.2 Å². The molecule has 1 heterocycles. The summed E-state index contributed by atoms with van der Waals surface area (Å²) in [5, 5.41) is 2.64. The zero-order chi connectivity index (χ0) is 25.4. The third kappa shape index (κ3) is 7.08. The zero-order valence-electron chi connectivity index (χ0n) is 20.0. The van der Waals surface area contributed by atoms with Gasteiger partial charge in [0.25, 0.3) is 0 Å². The highest BCUT2D eigenvalue weighted by Crippen LogP contribution is 2.40. The number of amides is 1. The predicted octanol–water partition coefficient (Wildman–Crippen LogP) is 4.49. The molecule has 0 aromatic heterocycles. The number of carbonyl (C=O) groups excluding carboxylic acids is 1. The first-order valence-electron chi connectivity index (χ1n) is 11.1. The molecule has 1 aliphatic heterocycles. The summed E-state index contributed by atoms with van der Waals surface area (Å²) < 4.78 is 60.0.